The van der Waals surface area contributed by atoms with Crippen molar-refractivity contribution in [3.8, 4) is 50.6 Å². The van der Waals surface area contributed by atoms with Gasteiger partial charge in [-0.15, -0.1) is 0 Å². The van der Waals surface area contributed by atoms with E-state index in [2.05, 4.69) is 140 Å². The van der Waals surface area contributed by atoms with Crippen LogP contribution in [0, 0.1) is 0 Å². The van der Waals surface area contributed by atoms with Gasteiger partial charge < -0.3 is 4.74 Å². The highest BCUT2D eigenvalue weighted by Gasteiger charge is 2.24. The van der Waals surface area contributed by atoms with E-state index in [0.717, 1.165) is 64.4 Å². The maximum atomic E-state index is 6.52. The Morgan fingerprint density at radius 2 is 1.17 bits per heavy atom. The number of nitrogens with zero attached hydrogens (tertiary/aromatic N) is 2. The minimum Gasteiger partial charge on any atom is -0.453 e. The van der Waals surface area contributed by atoms with Crippen LogP contribution >= 0.6 is 0 Å². The molecule has 0 N–H and O–H groups in total. The molecule has 1 aromatic heterocycles. The molecule has 7 aromatic carbocycles. The first-order valence-corrected chi connectivity index (χ1v) is 16.7. The summed E-state index contributed by atoms with van der Waals surface area (Å²) in [6.07, 6.45) is 3.07. The van der Waals surface area contributed by atoms with Gasteiger partial charge in [-0.1, -0.05) is 123 Å². The second kappa shape index (κ2) is 11.0. The van der Waals surface area contributed by atoms with Crippen molar-refractivity contribution in [1.29, 1.82) is 0 Å². The fraction of sp³-hybridized carbons (Fsp3) is 0.114. The number of fused-ring (bicyclic) bond motifs is 4. The summed E-state index contributed by atoms with van der Waals surface area (Å²) in [5.41, 5.74) is 11.8. The molecule has 0 bridgehead atoms. The summed E-state index contributed by atoms with van der Waals surface area (Å²) in [4.78, 5) is 4.90. The summed E-state index contributed by atoms with van der Waals surface area (Å²) in [5, 5.41) is 5.08. The molecule has 3 nitrogen and oxygen atoms in total. The third-order valence-electron chi connectivity index (χ3n) is 9.62. The molecule has 0 radical (unpaired) electrons. The zero-order valence-corrected chi connectivity index (χ0v) is 26.6. The SMILES string of the molecule is CCCc1cccc(-c2c3ccccc3c(-c3cccc(-c4ccc5c(c4)Oc4cccc6nc(CC)n-5c46)c3)c3ccccc23)c1. The monoisotopic (exact) mass is 606 g/mol. The van der Waals surface area contributed by atoms with E-state index in [1.165, 1.54) is 49.4 Å². The Kier molecular flexibility index (Phi) is 6.46. The quantitative estimate of drug-likeness (QED) is 0.176. The third kappa shape index (κ3) is 4.38. The van der Waals surface area contributed by atoms with Crippen LogP contribution in [0.5, 0.6) is 11.5 Å². The smallest absolute Gasteiger partial charge is 0.153 e. The molecule has 0 fully saturated rings. The number of para-hydroxylation sites is 1. The maximum Gasteiger partial charge on any atom is 0.153 e. The predicted molar refractivity (Wildman–Crippen MR) is 196 cm³/mol. The van der Waals surface area contributed by atoms with E-state index in [1.54, 1.807) is 0 Å². The summed E-state index contributed by atoms with van der Waals surface area (Å²) in [6, 6.07) is 48.6. The summed E-state index contributed by atoms with van der Waals surface area (Å²) in [6.45, 7) is 4.40. The molecule has 1 aliphatic rings. The lowest BCUT2D eigenvalue weighted by molar-refractivity contribution is 0.474. The van der Waals surface area contributed by atoms with Gasteiger partial charge in [-0.2, -0.15) is 0 Å². The van der Waals surface area contributed by atoms with Crippen LogP contribution in [-0.4, -0.2) is 9.55 Å². The highest BCUT2D eigenvalue weighted by atomic mass is 16.5. The van der Waals surface area contributed by atoms with Crippen LogP contribution in [0.1, 0.15) is 31.7 Å². The van der Waals surface area contributed by atoms with Gasteiger partial charge in [0.05, 0.1) is 11.2 Å². The number of aryl methyl sites for hydroxylation is 2. The first-order valence-electron chi connectivity index (χ1n) is 16.7. The van der Waals surface area contributed by atoms with E-state index < -0.39 is 0 Å². The second-order valence-electron chi connectivity index (χ2n) is 12.5. The highest BCUT2D eigenvalue weighted by molar-refractivity contribution is 6.21. The fourth-order valence-corrected chi connectivity index (χ4v) is 7.58. The molecule has 0 saturated carbocycles. The fourth-order valence-electron chi connectivity index (χ4n) is 7.58. The maximum absolute atomic E-state index is 6.52. The van der Waals surface area contributed by atoms with Gasteiger partial charge >= 0.3 is 0 Å². The van der Waals surface area contributed by atoms with Crippen molar-refractivity contribution in [1.82, 2.24) is 9.55 Å². The zero-order valence-electron chi connectivity index (χ0n) is 26.6. The van der Waals surface area contributed by atoms with Crippen LogP contribution in [0.3, 0.4) is 0 Å². The lowest BCUT2D eigenvalue weighted by Crippen LogP contribution is -2.07. The Bertz CT molecular complexity index is 2450. The predicted octanol–water partition coefficient (Wildman–Crippen LogP) is 12.0. The van der Waals surface area contributed by atoms with Crippen molar-refractivity contribution in [2.75, 3.05) is 0 Å². The first kappa shape index (κ1) is 27.6. The lowest BCUT2D eigenvalue weighted by Gasteiger charge is -2.22. The van der Waals surface area contributed by atoms with Gasteiger partial charge in [0.2, 0.25) is 0 Å². The van der Waals surface area contributed by atoms with E-state index in [4.69, 9.17) is 9.72 Å². The number of rotatable bonds is 6. The molecule has 0 spiro atoms. The summed E-state index contributed by atoms with van der Waals surface area (Å²) in [7, 11) is 0. The molecule has 0 aliphatic carbocycles. The Balaban J connectivity index is 1.21. The molecule has 0 atom stereocenters. The van der Waals surface area contributed by atoms with Gasteiger partial charge in [0.1, 0.15) is 11.3 Å². The van der Waals surface area contributed by atoms with Crippen molar-refractivity contribution in [2.24, 2.45) is 0 Å². The minimum absolute atomic E-state index is 0.849. The van der Waals surface area contributed by atoms with Crippen molar-refractivity contribution in [2.45, 2.75) is 33.1 Å². The van der Waals surface area contributed by atoms with Gasteiger partial charge in [0.25, 0.3) is 0 Å². The van der Waals surface area contributed by atoms with Gasteiger partial charge in [0.15, 0.2) is 11.5 Å². The van der Waals surface area contributed by atoms with Gasteiger partial charge in [-0.05, 0) is 97.2 Å². The van der Waals surface area contributed by atoms with Crippen molar-refractivity contribution >= 4 is 32.6 Å². The van der Waals surface area contributed by atoms with Crippen molar-refractivity contribution < 1.29 is 4.74 Å². The Hall–Kier alpha value is -5.67. The molecule has 2 heterocycles. The largest absolute Gasteiger partial charge is 0.453 e. The number of imidazole rings is 1. The van der Waals surface area contributed by atoms with E-state index in [0.29, 0.717) is 0 Å². The van der Waals surface area contributed by atoms with Crippen LogP contribution in [0.2, 0.25) is 0 Å². The first-order chi connectivity index (χ1) is 23.2. The number of ether oxygens (including phenoxy) is 1. The summed E-state index contributed by atoms with van der Waals surface area (Å²) >= 11 is 0. The Morgan fingerprint density at radius 1 is 0.553 bits per heavy atom. The Labute approximate surface area is 274 Å². The lowest BCUT2D eigenvalue weighted by atomic mass is 9.85. The van der Waals surface area contributed by atoms with Gasteiger partial charge in [-0.3, -0.25) is 4.57 Å². The molecular weight excluding hydrogens is 572 g/mol. The van der Waals surface area contributed by atoms with Gasteiger partial charge in [0, 0.05) is 6.42 Å². The molecule has 8 aromatic rings. The topological polar surface area (TPSA) is 27.1 Å². The van der Waals surface area contributed by atoms with Crippen LogP contribution < -0.4 is 4.74 Å². The molecule has 1 aliphatic heterocycles. The number of hydrogen-bond acceptors (Lipinski definition) is 2. The van der Waals surface area contributed by atoms with E-state index >= 15 is 0 Å². The molecule has 3 heteroatoms. The van der Waals surface area contributed by atoms with Crippen LogP contribution in [0.4, 0.5) is 0 Å². The molecule has 47 heavy (non-hydrogen) atoms. The molecular formula is C44H34N2O. The second-order valence-corrected chi connectivity index (χ2v) is 12.5. The summed E-state index contributed by atoms with van der Waals surface area (Å²) in [5.74, 6) is 2.75. The standard InChI is InChI=1S/C44H34N2O/c1-3-12-28-13-9-15-31(25-28)42-33-17-5-7-19-35(33)43(36-20-8-6-18-34(36)42)32-16-10-14-29(26-32)30-23-24-38-40(27-30)47-39-22-11-21-37-44(39)46(38)41(4-2)45-37/h5-11,13-27H,3-4,12H2,1-2H3. The average molecular weight is 607 g/mol. The summed E-state index contributed by atoms with van der Waals surface area (Å²) < 4.78 is 8.78. The molecule has 226 valence electrons. The number of hydrogen-bond donors (Lipinski definition) is 0. The molecule has 9 rings (SSSR count). The van der Waals surface area contributed by atoms with Crippen LogP contribution in [0.15, 0.2) is 133 Å². The Morgan fingerprint density at radius 3 is 1.85 bits per heavy atom. The van der Waals surface area contributed by atoms with Crippen molar-refractivity contribution in [3.05, 3.63) is 145 Å². The average Bonchev–Trinajstić information content (AvgIpc) is 3.51. The molecule has 0 amide bonds. The third-order valence-corrected chi connectivity index (χ3v) is 9.62. The normalized spacial score (nSPS) is 12.0. The van der Waals surface area contributed by atoms with Gasteiger partial charge in [-0.25, -0.2) is 4.98 Å². The highest BCUT2D eigenvalue weighted by Crippen LogP contribution is 2.46. The molecule has 0 unspecified atom stereocenters. The number of benzene rings is 7. The zero-order chi connectivity index (χ0) is 31.5. The van der Waals surface area contributed by atoms with E-state index in [1.807, 2.05) is 12.1 Å². The van der Waals surface area contributed by atoms with Crippen LogP contribution in [-0.2, 0) is 12.8 Å². The van der Waals surface area contributed by atoms with E-state index in [9.17, 15) is 0 Å². The number of aromatic nitrogens is 2. The van der Waals surface area contributed by atoms with Crippen LogP contribution in [0.25, 0.3) is 71.6 Å². The van der Waals surface area contributed by atoms with E-state index in [-0.39, 0.29) is 0 Å². The minimum atomic E-state index is 0.849. The van der Waals surface area contributed by atoms with Crippen molar-refractivity contribution in [3.63, 3.8) is 0 Å². The molecule has 0 saturated heterocycles.